The van der Waals surface area contributed by atoms with Gasteiger partial charge in [-0.05, 0) is 12.8 Å². The largest absolute Gasteiger partial charge is 0.463 e. The van der Waals surface area contributed by atoms with E-state index in [9.17, 15) is 4.79 Å². The molecule has 0 atom stereocenters. The predicted octanol–water partition coefficient (Wildman–Crippen LogP) is 1.96. The van der Waals surface area contributed by atoms with Crippen molar-refractivity contribution in [3.8, 4) is 0 Å². The molecule has 1 aromatic rings. The molecule has 0 N–H and O–H groups in total. The molecule has 1 fully saturated rings. The summed E-state index contributed by atoms with van der Waals surface area (Å²) in [5.41, 5.74) is 0. The Kier molecular flexibility index (Phi) is 3.54. The Balaban J connectivity index is 2.08. The number of aromatic nitrogens is 3. The van der Waals surface area contributed by atoms with E-state index in [0.29, 0.717) is 6.04 Å². The van der Waals surface area contributed by atoms with Crippen molar-refractivity contribution in [1.29, 1.82) is 0 Å². The number of carbonyl (C=O) groups excluding carboxylic acids is 1. The van der Waals surface area contributed by atoms with Crippen LogP contribution in [-0.4, -0.2) is 27.8 Å². The van der Waals surface area contributed by atoms with Gasteiger partial charge in [0.2, 0.25) is 0 Å². The zero-order chi connectivity index (χ0) is 11.4. The van der Waals surface area contributed by atoms with Gasteiger partial charge in [0.1, 0.15) is 6.33 Å². The van der Waals surface area contributed by atoms with E-state index in [1.807, 2.05) is 4.68 Å². The van der Waals surface area contributed by atoms with Crippen molar-refractivity contribution in [2.75, 3.05) is 7.11 Å². The molecule has 0 bridgehead atoms. The standard InChI is InChI=1S/C11H17N3O2/c1-16-11(15)10-12-8-14(13-10)9-6-4-2-3-5-7-9/h8-9H,2-7H2,1H3. The number of methoxy groups -OCH3 is 1. The first-order valence-corrected chi connectivity index (χ1v) is 5.80. The van der Waals surface area contributed by atoms with Crippen LogP contribution in [0.1, 0.15) is 55.2 Å². The summed E-state index contributed by atoms with van der Waals surface area (Å²) < 4.78 is 6.40. The van der Waals surface area contributed by atoms with Crippen LogP contribution in [0.25, 0.3) is 0 Å². The van der Waals surface area contributed by atoms with Gasteiger partial charge in [0.25, 0.3) is 5.82 Å². The molecule has 0 unspecified atom stereocenters. The van der Waals surface area contributed by atoms with Crippen molar-refractivity contribution >= 4 is 5.97 Å². The van der Waals surface area contributed by atoms with Gasteiger partial charge < -0.3 is 4.74 Å². The lowest BCUT2D eigenvalue weighted by atomic mass is 10.1. The second kappa shape index (κ2) is 5.09. The van der Waals surface area contributed by atoms with Crippen molar-refractivity contribution in [2.24, 2.45) is 0 Å². The summed E-state index contributed by atoms with van der Waals surface area (Å²) in [5, 5.41) is 4.18. The molecule has 1 aliphatic carbocycles. The van der Waals surface area contributed by atoms with Gasteiger partial charge in [-0.15, -0.1) is 5.10 Å². The summed E-state index contributed by atoms with van der Waals surface area (Å²) in [5.74, 6) is -0.306. The minimum atomic E-state index is -0.465. The average molecular weight is 223 g/mol. The summed E-state index contributed by atoms with van der Waals surface area (Å²) in [4.78, 5) is 15.2. The number of nitrogens with zero attached hydrogens (tertiary/aromatic N) is 3. The molecule has 1 saturated carbocycles. The van der Waals surface area contributed by atoms with E-state index in [1.165, 1.54) is 32.8 Å². The predicted molar refractivity (Wildman–Crippen MR) is 58.1 cm³/mol. The fraction of sp³-hybridized carbons (Fsp3) is 0.727. The van der Waals surface area contributed by atoms with E-state index < -0.39 is 5.97 Å². The Bertz CT molecular complexity index is 354. The highest BCUT2D eigenvalue weighted by Crippen LogP contribution is 2.26. The van der Waals surface area contributed by atoms with Gasteiger partial charge in [0.15, 0.2) is 0 Å². The van der Waals surface area contributed by atoms with Crippen molar-refractivity contribution < 1.29 is 9.53 Å². The first kappa shape index (κ1) is 11.1. The third-order valence-corrected chi connectivity index (χ3v) is 3.08. The number of hydrogen-bond donors (Lipinski definition) is 0. The first-order valence-electron chi connectivity index (χ1n) is 5.80. The van der Waals surface area contributed by atoms with Crippen LogP contribution >= 0.6 is 0 Å². The van der Waals surface area contributed by atoms with Crippen molar-refractivity contribution in [2.45, 2.75) is 44.6 Å². The minimum absolute atomic E-state index is 0.159. The summed E-state index contributed by atoms with van der Waals surface area (Å²) in [6.45, 7) is 0. The highest BCUT2D eigenvalue weighted by atomic mass is 16.5. The van der Waals surface area contributed by atoms with Gasteiger partial charge in [-0.1, -0.05) is 25.7 Å². The van der Waals surface area contributed by atoms with Crippen LogP contribution in [0.5, 0.6) is 0 Å². The maximum Gasteiger partial charge on any atom is 0.377 e. The summed E-state index contributed by atoms with van der Waals surface area (Å²) >= 11 is 0. The van der Waals surface area contributed by atoms with Crippen LogP contribution in [0.15, 0.2) is 6.33 Å². The molecule has 16 heavy (non-hydrogen) atoms. The van der Waals surface area contributed by atoms with Crippen LogP contribution < -0.4 is 0 Å². The molecule has 0 aromatic carbocycles. The molecule has 0 saturated heterocycles. The van der Waals surface area contributed by atoms with E-state index in [-0.39, 0.29) is 5.82 Å². The second-order valence-electron chi connectivity index (χ2n) is 4.19. The number of esters is 1. The maximum atomic E-state index is 11.2. The lowest BCUT2D eigenvalue weighted by molar-refractivity contribution is 0.0586. The Morgan fingerprint density at radius 2 is 2.06 bits per heavy atom. The molecule has 0 amide bonds. The summed E-state index contributed by atoms with van der Waals surface area (Å²) in [7, 11) is 1.34. The highest BCUT2D eigenvalue weighted by Gasteiger charge is 2.18. The lowest BCUT2D eigenvalue weighted by Gasteiger charge is -2.13. The number of carbonyl (C=O) groups is 1. The van der Waals surface area contributed by atoms with Gasteiger partial charge in [-0.25, -0.2) is 14.5 Å². The Morgan fingerprint density at radius 1 is 1.38 bits per heavy atom. The van der Waals surface area contributed by atoms with Crippen molar-refractivity contribution in [3.05, 3.63) is 12.2 Å². The van der Waals surface area contributed by atoms with Gasteiger partial charge in [-0.2, -0.15) is 0 Å². The molecule has 2 rings (SSSR count). The van der Waals surface area contributed by atoms with Crippen LogP contribution in [0.2, 0.25) is 0 Å². The monoisotopic (exact) mass is 223 g/mol. The highest BCUT2D eigenvalue weighted by molar-refractivity contribution is 5.84. The van der Waals surface area contributed by atoms with Crippen molar-refractivity contribution in [1.82, 2.24) is 14.8 Å². The molecule has 5 nitrogen and oxygen atoms in total. The normalized spacial score (nSPS) is 18.1. The van der Waals surface area contributed by atoms with Crippen LogP contribution in [0.4, 0.5) is 0 Å². The van der Waals surface area contributed by atoms with Gasteiger partial charge >= 0.3 is 5.97 Å². The molecular formula is C11H17N3O2. The number of ether oxygens (including phenoxy) is 1. The Hall–Kier alpha value is -1.39. The zero-order valence-electron chi connectivity index (χ0n) is 9.56. The summed E-state index contributed by atoms with van der Waals surface area (Å²) in [6.07, 6.45) is 8.97. The number of hydrogen-bond acceptors (Lipinski definition) is 4. The fourth-order valence-corrected chi connectivity index (χ4v) is 2.16. The molecule has 1 aliphatic rings. The van der Waals surface area contributed by atoms with Crippen LogP contribution in [0, 0.1) is 0 Å². The number of rotatable bonds is 2. The van der Waals surface area contributed by atoms with Crippen LogP contribution in [0.3, 0.4) is 0 Å². The Morgan fingerprint density at radius 3 is 2.69 bits per heavy atom. The van der Waals surface area contributed by atoms with E-state index in [0.717, 1.165) is 12.8 Å². The van der Waals surface area contributed by atoms with E-state index in [1.54, 1.807) is 6.33 Å². The van der Waals surface area contributed by atoms with Gasteiger partial charge in [-0.3, -0.25) is 0 Å². The zero-order valence-corrected chi connectivity index (χ0v) is 9.56. The quantitative estimate of drug-likeness (QED) is 0.568. The smallest absolute Gasteiger partial charge is 0.377 e. The van der Waals surface area contributed by atoms with Gasteiger partial charge in [0.05, 0.1) is 13.2 Å². The third kappa shape index (κ3) is 2.40. The first-order chi connectivity index (χ1) is 7.81. The van der Waals surface area contributed by atoms with Crippen molar-refractivity contribution in [3.63, 3.8) is 0 Å². The van der Waals surface area contributed by atoms with E-state index >= 15 is 0 Å². The molecule has 5 heteroatoms. The lowest BCUT2D eigenvalue weighted by Crippen LogP contribution is -2.11. The average Bonchev–Trinajstić information content (AvgIpc) is 2.64. The van der Waals surface area contributed by atoms with Gasteiger partial charge in [0, 0.05) is 0 Å². The summed E-state index contributed by atoms with van der Waals surface area (Å²) in [6, 6.07) is 0.397. The molecule has 0 aliphatic heterocycles. The molecular weight excluding hydrogens is 206 g/mol. The second-order valence-corrected chi connectivity index (χ2v) is 4.19. The Labute approximate surface area is 94.8 Å². The fourth-order valence-electron chi connectivity index (χ4n) is 2.16. The molecule has 88 valence electrons. The van der Waals surface area contributed by atoms with E-state index in [4.69, 9.17) is 0 Å². The minimum Gasteiger partial charge on any atom is -0.463 e. The molecule has 0 radical (unpaired) electrons. The topological polar surface area (TPSA) is 57.0 Å². The molecule has 1 heterocycles. The van der Waals surface area contributed by atoms with E-state index in [2.05, 4.69) is 14.8 Å². The maximum absolute atomic E-state index is 11.2. The third-order valence-electron chi connectivity index (χ3n) is 3.08. The molecule has 0 spiro atoms. The van der Waals surface area contributed by atoms with Crippen LogP contribution in [-0.2, 0) is 4.74 Å². The molecule has 1 aromatic heterocycles. The SMILES string of the molecule is COC(=O)c1ncn(C2CCCCCC2)n1.